The van der Waals surface area contributed by atoms with E-state index in [1.54, 1.807) is 65.5 Å². The second-order valence-electron chi connectivity index (χ2n) is 9.45. The van der Waals surface area contributed by atoms with Gasteiger partial charge in [-0.15, -0.1) is 0 Å². The quantitative estimate of drug-likeness (QED) is 0.406. The average Bonchev–Trinajstić information content (AvgIpc) is 3.30. The molecule has 11 heteroatoms. The van der Waals surface area contributed by atoms with Crippen LogP contribution in [0.4, 0.5) is 5.69 Å². The Hall–Kier alpha value is -4.09. The summed E-state index contributed by atoms with van der Waals surface area (Å²) in [4.78, 5) is 34.3. The second kappa shape index (κ2) is 10.3. The van der Waals surface area contributed by atoms with Crippen molar-refractivity contribution in [1.82, 2.24) is 24.6 Å². The summed E-state index contributed by atoms with van der Waals surface area (Å²) < 4.78 is 25.5. The standard InChI is InChI=1S/C27H28N6O4S/c1-31-11-13-32(14-12-31)26(34)18-33-17-20-15-21(9-10-24(20)30-33)28-27(35)25-8-4-7-23(29-25)19-5-3-6-22(16-19)38(2,36)37/h3-10,15-17H,11-14,18H2,1-2H3,(H,28,35). The summed E-state index contributed by atoms with van der Waals surface area (Å²) in [5.41, 5.74) is 2.58. The number of pyridine rings is 1. The van der Waals surface area contributed by atoms with Crippen molar-refractivity contribution in [2.45, 2.75) is 11.4 Å². The van der Waals surface area contributed by atoms with Gasteiger partial charge in [0.1, 0.15) is 12.2 Å². The van der Waals surface area contributed by atoms with Crippen LogP contribution in [0.1, 0.15) is 10.5 Å². The number of carbonyl (C=O) groups excluding carboxylic acids is 2. The molecule has 10 nitrogen and oxygen atoms in total. The number of hydrogen-bond donors (Lipinski definition) is 1. The van der Waals surface area contributed by atoms with E-state index in [1.165, 1.54) is 6.07 Å². The molecule has 0 spiro atoms. The van der Waals surface area contributed by atoms with Gasteiger partial charge in [0.2, 0.25) is 5.91 Å². The Morgan fingerprint density at radius 3 is 2.50 bits per heavy atom. The van der Waals surface area contributed by atoms with Crippen molar-refractivity contribution < 1.29 is 18.0 Å². The van der Waals surface area contributed by atoms with Gasteiger partial charge in [-0.05, 0) is 49.5 Å². The van der Waals surface area contributed by atoms with Gasteiger partial charge in [-0.25, -0.2) is 13.4 Å². The molecule has 1 aliphatic rings. The molecule has 1 aliphatic heterocycles. The summed E-state index contributed by atoms with van der Waals surface area (Å²) in [5.74, 6) is -0.365. The monoisotopic (exact) mass is 532 g/mol. The first kappa shape index (κ1) is 25.6. The van der Waals surface area contributed by atoms with Crippen LogP contribution >= 0.6 is 0 Å². The van der Waals surface area contributed by atoms with E-state index in [0.717, 1.165) is 30.2 Å². The predicted octanol–water partition coefficient (Wildman–Crippen LogP) is 2.53. The normalized spacial score (nSPS) is 14.5. The van der Waals surface area contributed by atoms with Gasteiger partial charge in [0.05, 0.1) is 16.1 Å². The number of carbonyl (C=O) groups is 2. The molecule has 2 amide bonds. The number of anilines is 1. The number of hydrogen-bond acceptors (Lipinski definition) is 7. The maximum atomic E-state index is 13.0. The van der Waals surface area contributed by atoms with Crippen molar-refractivity contribution in [2.24, 2.45) is 0 Å². The van der Waals surface area contributed by atoms with Crippen molar-refractivity contribution in [3.05, 3.63) is 72.6 Å². The molecule has 0 bridgehead atoms. The van der Waals surface area contributed by atoms with Gasteiger partial charge < -0.3 is 15.1 Å². The highest BCUT2D eigenvalue weighted by atomic mass is 32.2. The molecular weight excluding hydrogens is 504 g/mol. The summed E-state index contributed by atoms with van der Waals surface area (Å²) in [6.07, 6.45) is 2.95. The summed E-state index contributed by atoms with van der Waals surface area (Å²) in [5, 5.41) is 8.16. The Morgan fingerprint density at radius 1 is 0.974 bits per heavy atom. The number of piperazine rings is 1. The zero-order valence-corrected chi connectivity index (χ0v) is 22.0. The molecule has 196 valence electrons. The number of nitrogens with zero attached hydrogens (tertiary/aromatic N) is 5. The minimum atomic E-state index is -3.37. The van der Waals surface area contributed by atoms with Gasteiger partial charge in [-0.2, -0.15) is 5.10 Å². The number of amides is 2. The third-order valence-corrected chi connectivity index (χ3v) is 7.61. The molecule has 3 heterocycles. The summed E-state index contributed by atoms with van der Waals surface area (Å²) in [6.45, 7) is 3.31. The lowest BCUT2D eigenvalue weighted by molar-refractivity contribution is -0.133. The molecule has 38 heavy (non-hydrogen) atoms. The molecule has 0 atom stereocenters. The minimum absolute atomic E-state index is 0.0347. The number of benzene rings is 2. The van der Waals surface area contributed by atoms with Gasteiger partial charge in [0.15, 0.2) is 9.84 Å². The average molecular weight is 533 g/mol. The van der Waals surface area contributed by atoms with Crippen molar-refractivity contribution in [3.63, 3.8) is 0 Å². The molecule has 1 N–H and O–H groups in total. The zero-order chi connectivity index (χ0) is 26.9. The Balaban J connectivity index is 1.29. The highest BCUT2D eigenvalue weighted by Gasteiger charge is 2.20. The van der Waals surface area contributed by atoms with Crippen molar-refractivity contribution in [3.8, 4) is 11.3 Å². The van der Waals surface area contributed by atoms with E-state index in [4.69, 9.17) is 0 Å². The first-order valence-electron chi connectivity index (χ1n) is 12.2. The number of rotatable bonds is 6. The smallest absolute Gasteiger partial charge is 0.274 e. The first-order chi connectivity index (χ1) is 18.2. The molecule has 1 fully saturated rings. The van der Waals surface area contributed by atoms with E-state index in [-0.39, 0.29) is 23.0 Å². The van der Waals surface area contributed by atoms with Crippen molar-refractivity contribution in [1.29, 1.82) is 0 Å². The van der Waals surface area contributed by atoms with Crippen LogP contribution in [0.3, 0.4) is 0 Å². The molecular formula is C27H28N6O4S. The summed E-state index contributed by atoms with van der Waals surface area (Å²) in [7, 11) is -1.32. The molecule has 1 saturated heterocycles. The largest absolute Gasteiger partial charge is 0.339 e. The number of likely N-dealkylation sites (N-methyl/N-ethyl adjacent to an activating group) is 1. The van der Waals surface area contributed by atoms with Crippen LogP contribution in [-0.4, -0.2) is 84.3 Å². The number of sulfone groups is 1. The van der Waals surface area contributed by atoms with Crippen LogP contribution in [0.2, 0.25) is 0 Å². The summed E-state index contributed by atoms with van der Waals surface area (Å²) >= 11 is 0. The Labute approximate surface area is 220 Å². The Bertz CT molecular complexity index is 1620. The van der Waals surface area contributed by atoms with Gasteiger partial charge in [0.25, 0.3) is 5.91 Å². The lowest BCUT2D eigenvalue weighted by Gasteiger charge is -2.32. The topological polar surface area (TPSA) is 118 Å². The van der Waals surface area contributed by atoms with Gasteiger partial charge in [-0.1, -0.05) is 18.2 Å². The molecule has 4 aromatic rings. The minimum Gasteiger partial charge on any atom is -0.339 e. The van der Waals surface area contributed by atoms with Gasteiger partial charge in [-0.3, -0.25) is 14.3 Å². The van der Waals surface area contributed by atoms with E-state index in [2.05, 4.69) is 20.3 Å². The molecule has 0 saturated carbocycles. The molecule has 2 aromatic carbocycles. The maximum absolute atomic E-state index is 13.0. The van der Waals surface area contributed by atoms with E-state index in [9.17, 15) is 18.0 Å². The maximum Gasteiger partial charge on any atom is 0.274 e. The molecule has 0 unspecified atom stereocenters. The van der Waals surface area contributed by atoms with Crippen LogP contribution in [0.15, 0.2) is 71.8 Å². The molecule has 0 radical (unpaired) electrons. The zero-order valence-electron chi connectivity index (χ0n) is 21.2. The van der Waals surface area contributed by atoms with Gasteiger partial charge >= 0.3 is 0 Å². The SMILES string of the molecule is CN1CCN(C(=O)Cn2cc3cc(NC(=O)c4cccc(-c5cccc(S(C)(=O)=O)c5)n4)ccc3n2)CC1. The highest BCUT2D eigenvalue weighted by Crippen LogP contribution is 2.22. The summed E-state index contributed by atoms with van der Waals surface area (Å²) in [6, 6.07) is 16.8. The van der Waals surface area contributed by atoms with Crippen LogP contribution in [0.5, 0.6) is 0 Å². The molecule has 2 aromatic heterocycles. The first-order valence-corrected chi connectivity index (χ1v) is 14.1. The third-order valence-electron chi connectivity index (χ3n) is 6.50. The fraction of sp³-hybridized carbons (Fsp3) is 0.259. The van der Waals surface area contributed by atoms with Crippen molar-refractivity contribution in [2.75, 3.05) is 44.8 Å². The Morgan fingerprint density at radius 2 is 1.74 bits per heavy atom. The second-order valence-corrected chi connectivity index (χ2v) is 11.5. The predicted molar refractivity (Wildman–Crippen MR) is 145 cm³/mol. The highest BCUT2D eigenvalue weighted by molar-refractivity contribution is 7.90. The number of aromatic nitrogens is 3. The molecule has 5 rings (SSSR count). The van der Waals surface area contributed by atoms with E-state index < -0.39 is 15.7 Å². The lowest BCUT2D eigenvalue weighted by Crippen LogP contribution is -2.48. The van der Waals surface area contributed by atoms with Crippen LogP contribution < -0.4 is 5.32 Å². The van der Waals surface area contributed by atoms with E-state index in [1.807, 2.05) is 11.9 Å². The van der Waals surface area contributed by atoms with Crippen LogP contribution in [0.25, 0.3) is 22.2 Å². The van der Waals surface area contributed by atoms with Crippen molar-refractivity contribution >= 4 is 38.2 Å². The van der Waals surface area contributed by atoms with Crippen LogP contribution in [-0.2, 0) is 21.2 Å². The number of nitrogens with one attached hydrogen (secondary N) is 1. The van der Waals surface area contributed by atoms with Gasteiger partial charge in [0, 0.05) is 55.3 Å². The fourth-order valence-electron chi connectivity index (χ4n) is 4.33. The van der Waals surface area contributed by atoms with E-state index >= 15 is 0 Å². The van der Waals surface area contributed by atoms with Crippen LogP contribution in [0, 0.1) is 0 Å². The van der Waals surface area contributed by atoms with E-state index in [0.29, 0.717) is 30.0 Å². The Kier molecular flexibility index (Phi) is 6.96. The third kappa shape index (κ3) is 5.74. The fourth-order valence-corrected chi connectivity index (χ4v) is 5.00. The lowest BCUT2D eigenvalue weighted by atomic mass is 10.1. The number of fused-ring (bicyclic) bond motifs is 1. The molecule has 0 aliphatic carbocycles.